The van der Waals surface area contributed by atoms with Gasteiger partial charge >= 0.3 is 0 Å². The molecule has 1 atom stereocenters. The third-order valence-electron chi connectivity index (χ3n) is 4.20. The summed E-state index contributed by atoms with van der Waals surface area (Å²) in [5, 5.41) is 9.50. The number of nitrogen functional groups attached to an aromatic ring is 1. The van der Waals surface area contributed by atoms with Crippen LogP contribution in [0.1, 0.15) is 51.3 Å². The average molecular weight is 323 g/mol. The van der Waals surface area contributed by atoms with Gasteiger partial charge in [0.2, 0.25) is 0 Å². The molecule has 1 fully saturated rings. The Morgan fingerprint density at radius 1 is 1.25 bits per heavy atom. The predicted octanol–water partition coefficient (Wildman–Crippen LogP) is 4.04. The number of nitriles is 1. The lowest BCUT2D eigenvalue weighted by Gasteiger charge is -2.21. The van der Waals surface area contributed by atoms with Crippen molar-refractivity contribution in [2.24, 2.45) is 5.92 Å². The molecule has 0 aliphatic heterocycles. The van der Waals surface area contributed by atoms with Crippen molar-refractivity contribution in [2.45, 2.75) is 52.4 Å². The zero-order chi connectivity index (χ0) is 17.7. The van der Waals surface area contributed by atoms with Crippen LogP contribution in [-0.2, 0) is 5.41 Å². The molecule has 0 bridgehead atoms. The van der Waals surface area contributed by atoms with Gasteiger partial charge in [-0.2, -0.15) is 5.26 Å². The van der Waals surface area contributed by atoms with Crippen LogP contribution < -0.4 is 5.73 Å². The average Bonchev–Trinajstić information content (AvgIpc) is 3.40. The SMILES string of the molecule is CCC.Cc1nc(N)cnc1-c1ccc([C@](C)(C#N)C2CC2)cn1. The van der Waals surface area contributed by atoms with E-state index in [0.29, 0.717) is 11.7 Å². The first-order valence-corrected chi connectivity index (χ1v) is 8.43. The Kier molecular flexibility index (Phi) is 5.50. The van der Waals surface area contributed by atoms with Gasteiger partial charge in [0.1, 0.15) is 11.5 Å². The maximum Gasteiger partial charge on any atom is 0.142 e. The summed E-state index contributed by atoms with van der Waals surface area (Å²) in [6, 6.07) is 6.33. The molecule has 5 heteroatoms. The monoisotopic (exact) mass is 323 g/mol. The fourth-order valence-electron chi connectivity index (χ4n) is 2.64. The number of pyridine rings is 1. The molecule has 3 rings (SSSR count). The molecule has 0 saturated heterocycles. The minimum Gasteiger partial charge on any atom is -0.382 e. The largest absolute Gasteiger partial charge is 0.382 e. The van der Waals surface area contributed by atoms with Gasteiger partial charge < -0.3 is 5.73 Å². The van der Waals surface area contributed by atoms with Crippen LogP contribution in [0, 0.1) is 24.2 Å². The Hall–Kier alpha value is -2.48. The Bertz CT molecular complexity index is 728. The lowest BCUT2D eigenvalue weighted by molar-refractivity contribution is 0.527. The van der Waals surface area contributed by atoms with E-state index in [0.717, 1.165) is 35.5 Å². The summed E-state index contributed by atoms with van der Waals surface area (Å²) in [4.78, 5) is 13.0. The fourth-order valence-corrected chi connectivity index (χ4v) is 2.64. The normalized spacial score (nSPS) is 15.6. The van der Waals surface area contributed by atoms with Crippen molar-refractivity contribution in [3.63, 3.8) is 0 Å². The van der Waals surface area contributed by atoms with Crippen LogP contribution in [0.5, 0.6) is 0 Å². The van der Waals surface area contributed by atoms with Gasteiger partial charge in [-0.15, -0.1) is 0 Å². The highest BCUT2D eigenvalue weighted by Gasteiger charge is 2.43. The van der Waals surface area contributed by atoms with Gasteiger partial charge in [-0.05, 0) is 44.2 Å². The highest BCUT2D eigenvalue weighted by molar-refractivity contribution is 5.58. The summed E-state index contributed by atoms with van der Waals surface area (Å²) in [5.41, 5.74) is 8.37. The number of hydrogen-bond donors (Lipinski definition) is 1. The predicted molar refractivity (Wildman–Crippen MR) is 96.1 cm³/mol. The number of rotatable bonds is 3. The molecule has 2 N–H and O–H groups in total. The van der Waals surface area contributed by atoms with Crippen molar-refractivity contribution in [1.82, 2.24) is 15.0 Å². The van der Waals surface area contributed by atoms with E-state index in [1.807, 2.05) is 26.0 Å². The summed E-state index contributed by atoms with van der Waals surface area (Å²) < 4.78 is 0. The summed E-state index contributed by atoms with van der Waals surface area (Å²) in [7, 11) is 0. The van der Waals surface area contributed by atoms with Crippen molar-refractivity contribution in [2.75, 3.05) is 5.73 Å². The molecule has 24 heavy (non-hydrogen) atoms. The van der Waals surface area contributed by atoms with Crippen molar-refractivity contribution < 1.29 is 0 Å². The van der Waals surface area contributed by atoms with Gasteiger partial charge in [0.05, 0.1) is 29.1 Å². The van der Waals surface area contributed by atoms with Gasteiger partial charge in [0, 0.05) is 6.20 Å². The number of nitrogens with zero attached hydrogens (tertiary/aromatic N) is 4. The summed E-state index contributed by atoms with van der Waals surface area (Å²) >= 11 is 0. The van der Waals surface area contributed by atoms with E-state index in [1.165, 1.54) is 12.6 Å². The number of anilines is 1. The fraction of sp³-hybridized carbons (Fsp3) is 0.474. The zero-order valence-electron chi connectivity index (χ0n) is 14.9. The van der Waals surface area contributed by atoms with E-state index in [1.54, 1.807) is 6.20 Å². The Balaban J connectivity index is 0.000000647. The van der Waals surface area contributed by atoms with Gasteiger partial charge in [-0.1, -0.05) is 26.3 Å². The molecule has 1 aliphatic rings. The lowest BCUT2D eigenvalue weighted by Crippen LogP contribution is -2.22. The Morgan fingerprint density at radius 2 is 1.92 bits per heavy atom. The highest BCUT2D eigenvalue weighted by Crippen LogP contribution is 2.46. The molecule has 0 aromatic carbocycles. The first-order chi connectivity index (χ1) is 11.5. The Labute approximate surface area is 144 Å². The van der Waals surface area contributed by atoms with Crippen LogP contribution in [0.4, 0.5) is 5.82 Å². The quantitative estimate of drug-likeness (QED) is 0.921. The summed E-state index contributed by atoms with van der Waals surface area (Å²) in [6.07, 6.45) is 6.80. The van der Waals surface area contributed by atoms with Crippen LogP contribution in [0.2, 0.25) is 0 Å². The summed E-state index contributed by atoms with van der Waals surface area (Å²) in [5.74, 6) is 0.854. The number of aryl methyl sites for hydroxylation is 1. The second-order valence-electron chi connectivity index (χ2n) is 6.46. The standard InChI is InChI=1S/C16H17N5.C3H8/c1-10-15(20-8-14(18)21-10)13-6-5-12(7-19-13)16(2,9-17)11-3-4-11;1-3-2/h5-8,11H,3-4H2,1-2H3,(H2,18,21);3H2,1-2H3/t16-;/m1./s1. The van der Waals surface area contributed by atoms with E-state index in [4.69, 9.17) is 5.73 Å². The van der Waals surface area contributed by atoms with Crippen molar-refractivity contribution in [3.8, 4) is 17.5 Å². The van der Waals surface area contributed by atoms with E-state index in [-0.39, 0.29) is 0 Å². The van der Waals surface area contributed by atoms with Crippen LogP contribution in [0.25, 0.3) is 11.4 Å². The van der Waals surface area contributed by atoms with E-state index >= 15 is 0 Å². The maximum absolute atomic E-state index is 9.50. The first kappa shape index (κ1) is 17.9. The van der Waals surface area contributed by atoms with E-state index in [2.05, 4.69) is 34.9 Å². The van der Waals surface area contributed by atoms with Crippen LogP contribution in [0.15, 0.2) is 24.5 Å². The second kappa shape index (κ2) is 7.39. The first-order valence-electron chi connectivity index (χ1n) is 8.43. The second-order valence-corrected chi connectivity index (χ2v) is 6.46. The molecule has 0 radical (unpaired) electrons. The van der Waals surface area contributed by atoms with Gasteiger partial charge in [-0.25, -0.2) is 9.97 Å². The number of hydrogen-bond acceptors (Lipinski definition) is 5. The van der Waals surface area contributed by atoms with Crippen molar-refractivity contribution in [3.05, 3.63) is 35.8 Å². The minimum atomic E-state index is -0.437. The molecule has 1 aliphatic carbocycles. The van der Waals surface area contributed by atoms with Gasteiger partial charge in [0.25, 0.3) is 0 Å². The minimum absolute atomic E-state index is 0.402. The molecule has 2 aromatic rings. The van der Waals surface area contributed by atoms with E-state index in [9.17, 15) is 5.26 Å². The van der Waals surface area contributed by atoms with Crippen molar-refractivity contribution in [1.29, 1.82) is 5.26 Å². The molecule has 5 nitrogen and oxygen atoms in total. The van der Waals surface area contributed by atoms with Gasteiger partial charge in [-0.3, -0.25) is 4.98 Å². The molecule has 126 valence electrons. The molecule has 0 spiro atoms. The van der Waals surface area contributed by atoms with Crippen molar-refractivity contribution >= 4 is 5.82 Å². The van der Waals surface area contributed by atoms with Gasteiger partial charge in [0.15, 0.2) is 0 Å². The van der Waals surface area contributed by atoms with Crippen LogP contribution >= 0.6 is 0 Å². The molecule has 0 unspecified atom stereocenters. The Morgan fingerprint density at radius 3 is 2.38 bits per heavy atom. The molecule has 2 heterocycles. The third kappa shape index (κ3) is 3.70. The maximum atomic E-state index is 9.50. The molecular formula is C19H25N5. The van der Waals surface area contributed by atoms with Crippen LogP contribution in [0.3, 0.4) is 0 Å². The highest BCUT2D eigenvalue weighted by atomic mass is 14.9. The molecule has 1 saturated carbocycles. The zero-order valence-corrected chi connectivity index (χ0v) is 14.9. The van der Waals surface area contributed by atoms with E-state index < -0.39 is 5.41 Å². The van der Waals surface area contributed by atoms with Crippen LogP contribution in [-0.4, -0.2) is 15.0 Å². The molecule has 0 amide bonds. The molecular weight excluding hydrogens is 298 g/mol. The summed E-state index contributed by atoms with van der Waals surface area (Å²) in [6.45, 7) is 8.10. The third-order valence-corrected chi connectivity index (χ3v) is 4.20. The lowest BCUT2D eigenvalue weighted by atomic mass is 9.80. The smallest absolute Gasteiger partial charge is 0.142 e. The number of nitrogens with two attached hydrogens (primary N) is 1. The number of aromatic nitrogens is 3. The molecule has 2 aromatic heterocycles. The topological polar surface area (TPSA) is 88.5 Å².